The first-order valence-corrected chi connectivity index (χ1v) is 9.97. The van der Waals surface area contributed by atoms with Gasteiger partial charge in [0, 0.05) is 17.1 Å². The molecule has 1 N–H and O–H groups in total. The van der Waals surface area contributed by atoms with E-state index < -0.39 is 24.5 Å². The second-order valence-electron chi connectivity index (χ2n) is 7.24. The molecule has 9 nitrogen and oxygen atoms in total. The first kappa shape index (κ1) is 21.2. The Morgan fingerprint density at radius 3 is 2.72 bits per heavy atom. The highest BCUT2D eigenvalue weighted by Crippen LogP contribution is 2.34. The summed E-state index contributed by atoms with van der Waals surface area (Å²) in [7, 11) is 1.30. The molecule has 1 amide bonds. The van der Waals surface area contributed by atoms with Crippen molar-refractivity contribution >= 4 is 28.7 Å². The van der Waals surface area contributed by atoms with Crippen molar-refractivity contribution in [1.82, 2.24) is 9.88 Å². The van der Waals surface area contributed by atoms with Crippen molar-refractivity contribution in [3.63, 3.8) is 0 Å². The minimum Gasteiger partial charge on any atom is -0.465 e. The van der Waals surface area contributed by atoms with E-state index in [0.29, 0.717) is 28.0 Å². The van der Waals surface area contributed by atoms with Crippen LogP contribution in [0.2, 0.25) is 0 Å². The highest BCUT2D eigenvalue weighted by Gasteiger charge is 2.19. The molecule has 0 spiro atoms. The van der Waals surface area contributed by atoms with E-state index in [2.05, 4.69) is 5.32 Å². The molecule has 2 aromatic carbocycles. The molecule has 0 saturated carbocycles. The van der Waals surface area contributed by atoms with Gasteiger partial charge in [0.2, 0.25) is 6.79 Å². The Hall–Kier alpha value is -4.01. The van der Waals surface area contributed by atoms with Gasteiger partial charge in [-0.1, -0.05) is 24.3 Å². The molecule has 0 saturated heterocycles. The Balaban J connectivity index is 1.34. The lowest BCUT2D eigenvalue weighted by Crippen LogP contribution is -2.31. The number of methoxy groups -OCH3 is 1. The molecule has 1 unspecified atom stereocenters. The summed E-state index contributed by atoms with van der Waals surface area (Å²) in [6.45, 7) is 1.42. The molecule has 4 rings (SSSR count). The Morgan fingerprint density at radius 2 is 1.91 bits per heavy atom. The molecule has 0 aliphatic carbocycles. The summed E-state index contributed by atoms with van der Waals surface area (Å²) < 4.78 is 22.2. The zero-order valence-corrected chi connectivity index (χ0v) is 17.6. The quantitative estimate of drug-likeness (QED) is 0.565. The zero-order chi connectivity index (χ0) is 22.7. The predicted octanol–water partition coefficient (Wildman–Crippen LogP) is 2.58. The molecule has 1 aromatic heterocycles. The number of carbonyl (C=O) groups excluding carboxylic acids is 3. The van der Waals surface area contributed by atoms with Gasteiger partial charge in [-0.15, -0.1) is 0 Å². The predicted molar refractivity (Wildman–Crippen MR) is 113 cm³/mol. The van der Waals surface area contributed by atoms with Crippen molar-refractivity contribution < 1.29 is 33.3 Å². The van der Waals surface area contributed by atoms with Crippen LogP contribution in [0.25, 0.3) is 10.9 Å². The van der Waals surface area contributed by atoms with Crippen molar-refractivity contribution in [2.24, 2.45) is 0 Å². The third kappa shape index (κ3) is 4.36. The molecular weight excluding hydrogens is 416 g/mol. The Bertz CT molecular complexity index is 1180. The maximum Gasteiger partial charge on any atom is 0.340 e. The summed E-state index contributed by atoms with van der Waals surface area (Å²) in [5.74, 6) is -0.246. The number of amides is 1. The molecule has 0 bridgehead atoms. The number of ether oxygens (including phenoxy) is 4. The summed E-state index contributed by atoms with van der Waals surface area (Å²) in [5, 5.41) is 3.45. The molecule has 1 atom stereocenters. The van der Waals surface area contributed by atoms with Gasteiger partial charge in [-0.05, 0) is 30.7 Å². The molecular formula is C23H22N2O7. The van der Waals surface area contributed by atoms with Crippen molar-refractivity contribution in [3.8, 4) is 11.5 Å². The van der Waals surface area contributed by atoms with Crippen LogP contribution in [0.5, 0.6) is 11.5 Å². The van der Waals surface area contributed by atoms with Gasteiger partial charge in [0.15, 0.2) is 18.1 Å². The van der Waals surface area contributed by atoms with Crippen LogP contribution in [0.1, 0.15) is 28.9 Å². The highest BCUT2D eigenvalue weighted by atomic mass is 16.7. The largest absolute Gasteiger partial charge is 0.465 e. The number of carbonyl (C=O) groups is 3. The lowest BCUT2D eigenvalue weighted by atomic mass is 10.1. The van der Waals surface area contributed by atoms with Gasteiger partial charge in [0.25, 0.3) is 5.91 Å². The summed E-state index contributed by atoms with van der Waals surface area (Å²) >= 11 is 0. The summed E-state index contributed by atoms with van der Waals surface area (Å²) in [6, 6.07) is 12.3. The number of fused-ring (bicyclic) bond motifs is 2. The van der Waals surface area contributed by atoms with Crippen molar-refractivity contribution in [2.45, 2.75) is 19.5 Å². The number of hydrogen-bond acceptors (Lipinski definition) is 7. The topological polar surface area (TPSA) is 105 Å². The molecule has 166 valence electrons. The van der Waals surface area contributed by atoms with Gasteiger partial charge in [0.05, 0.1) is 18.7 Å². The molecule has 32 heavy (non-hydrogen) atoms. The molecule has 1 aliphatic rings. The van der Waals surface area contributed by atoms with Crippen LogP contribution in [0.15, 0.2) is 48.7 Å². The van der Waals surface area contributed by atoms with Crippen LogP contribution in [0, 0.1) is 0 Å². The van der Waals surface area contributed by atoms with Gasteiger partial charge in [0.1, 0.15) is 6.54 Å². The minimum atomic E-state index is -0.604. The number of para-hydroxylation sites is 1. The number of aromatic nitrogens is 1. The Morgan fingerprint density at radius 1 is 1.12 bits per heavy atom. The molecule has 0 fully saturated rings. The van der Waals surface area contributed by atoms with Crippen molar-refractivity contribution in [3.05, 3.63) is 59.8 Å². The Kier molecular flexibility index (Phi) is 5.98. The zero-order valence-electron chi connectivity index (χ0n) is 17.6. The summed E-state index contributed by atoms with van der Waals surface area (Å²) in [5.41, 5.74) is 1.88. The number of nitrogens with zero attached hydrogens (tertiary/aromatic N) is 1. The van der Waals surface area contributed by atoms with E-state index in [0.717, 1.165) is 5.56 Å². The van der Waals surface area contributed by atoms with Crippen LogP contribution in [-0.4, -0.2) is 42.9 Å². The monoisotopic (exact) mass is 438 g/mol. The third-order valence-electron chi connectivity index (χ3n) is 5.13. The first-order valence-electron chi connectivity index (χ1n) is 9.97. The molecule has 3 aromatic rings. The number of nitrogens with one attached hydrogen (secondary N) is 1. The van der Waals surface area contributed by atoms with Gasteiger partial charge in [-0.3, -0.25) is 9.59 Å². The molecule has 1 aliphatic heterocycles. The van der Waals surface area contributed by atoms with E-state index in [9.17, 15) is 14.4 Å². The average Bonchev–Trinajstić information content (AvgIpc) is 3.41. The van der Waals surface area contributed by atoms with E-state index in [1.807, 2.05) is 13.0 Å². The smallest absolute Gasteiger partial charge is 0.340 e. The number of benzene rings is 2. The van der Waals surface area contributed by atoms with E-state index in [1.165, 1.54) is 7.11 Å². The minimum absolute atomic E-state index is 0.150. The lowest BCUT2D eigenvalue weighted by molar-refractivity contribution is -0.149. The maximum atomic E-state index is 12.3. The second-order valence-corrected chi connectivity index (χ2v) is 7.24. The van der Waals surface area contributed by atoms with E-state index >= 15 is 0 Å². The van der Waals surface area contributed by atoms with E-state index in [1.54, 1.807) is 47.2 Å². The molecule has 9 heteroatoms. The first-order chi connectivity index (χ1) is 15.5. The van der Waals surface area contributed by atoms with Crippen LogP contribution < -0.4 is 14.8 Å². The van der Waals surface area contributed by atoms with Gasteiger partial charge in [-0.25, -0.2) is 4.79 Å². The van der Waals surface area contributed by atoms with Gasteiger partial charge >= 0.3 is 11.9 Å². The van der Waals surface area contributed by atoms with Crippen LogP contribution in [-0.2, 0) is 25.6 Å². The lowest BCUT2D eigenvalue weighted by Gasteiger charge is -2.15. The highest BCUT2D eigenvalue weighted by molar-refractivity contribution is 6.04. The average molecular weight is 438 g/mol. The van der Waals surface area contributed by atoms with E-state index in [4.69, 9.17) is 18.9 Å². The normalized spacial score (nSPS) is 12.9. The third-order valence-corrected chi connectivity index (χ3v) is 5.13. The summed E-state index contributed by atoms with van der Waals surface area (Å²) in [4.78, 5) is 36.6. The molecule has 2 heterocycles. The maximum absolute atomic E-state index is 12.3. The van der Waals surface area contributed by atoms with Gasteiger partial charge in [-0.2, -0.15) is 0 Å². The van der Waals surface area contributed by atoms with Gasteiger partial charge < -0.3 is 28.8 Å². The fourth-order valence-corrected chi connectivity index (χ4v) is 3.53. The summed E-state index contributed by atoms with van der Waals surface area (Å²) in [6.07, 6.45) is 1.54. The number of rotatable bonds is 7. The van der Waals surface area contributed by atoms with Crippen LogP contribution in [0.3, 0.4) is 0 Å². The fourth-order valence-electron chi connectivity index (χ4n) is 3.53. The Labute approximate surface area is 183 Å². The van der Waals surface area contributed by atoms with Crippen LogP contribution >= 0.6 is 0 Å². The van der Waals surface area contributed by atoms with Crippen LogP contribution in [0.4, 0.5) is 0 Å². The fraction of sp³-hybridized carbons (Fsp3) is 0.261. The second kappa shape index (κ2) is 9.01. The number of hydrogen-bond donors (Lipinski definition) is 1. The SMILES string of the molecule is COC(=O)c1cn(CC(=O)OCC(=O)NC(C)c2ccc3c(c2)OCO3)c2ccccc12. The standard InChI is InChI=1S/C23H22N2O7/c1-14(15-7-8-19-20(9-15)32-13-31-19)24-21(26)12-30-22(27)11-25-10-17(23(28)29-2)16-5-3-4-6-18(16)25/h3-10,14H,11-13H2,1-2H3,(H,24,26). The number of esters is 2. The van der Waals surface area contributed by atoms with Crippen molar-refractivity contribution in [1.29, 1.82) is 0 Å². The molecule has 0 radical (unpaired) electrons. The van der Waals surface area contributed by atoms with Crippen molar-refractivity contribution in [2.75, 3.05) is 20.5 Å². The van der Waals surface area contributed by atoms with E-state index in [-0.39, 0.29) is 19.4 Å².